The van der Waals surface area contributed by atoms with Gasteiger partial charge in [0.25, 0.3) is 11.8 Å². The van der Waals surface area contributed by atoms with Gasteiger partial charge in [-0.15, -0.1) is 0 Å². The number of nitrogens with one attached hydrogen (secondary N) is 1. The second-order valence-corrected chi connectivity index (χ2v) is 7.96. The van der Waals surface area contributed by atoms with Gasteiger partial charge in [0, 0.05) is 48.3 Å². The van der Waals surface area contributed by atoms with Gasteiger partial charge in [-0.2, -0.15) is 0 Å². The maximum Gasteiger partial charge on any atom is 0.289 e. The Morgan fingerprint density at radius 1 is 0.897 bits per heavy atom. The smallest absolute Gasteiger partial charge is 0.289 e. The minimum absolute atomic E-state index is 0.0463. The maximum atomic E-state index is 13.2. The lowest BCUT2D eigenvalue weighted by Gasteiger charge is -2.22. The van der Waals surface area contributed by atoms with E-state index < -0.39 is 0 Å². The molecule has 2 aromatic heterocycles. The molecular formula is C23H25N3O3. The number of H-pyrrole nitrogens is 1. The summed E-state index contributed by atoms with van der Waals surface area (Å²) in [4.78, 5) is 32.9. The number of aromatic amines is 1. The van der Waals surface area contributed by atoms with Crippen molar-refractivity contribution in [1.82, 2.24) is 14.8 Å². The van der Waals surface area contributed by atoms with Gasteiger partial charge in [0.05, 0.1) is 6.26 Å². The average molecular weight is 391 g/mol. The lowest BCUT2D eigenvalue weighted by atomic mass is 9.95. The summed E-state index contributed by atoms with van der Waals surface area (Å²) < 4.78 is 5.24. The first-order valence-electron chi connectivity index (χ1n) is 10.5. The topological polar surface area (TPSA) is 69.6 Å². The normalized spacial score (nSPS) is 17.2. The summed E-state index contributed by atoms with van der Waals surface area (Å²) in [5.41, 5.74) is 4.57. The van der Waals surface area contributed by atoms with Crippen LogP contribution in [0.15, 0.2) is 41.0 Å². The standard InChI is InChI=1S/C23H25N3O3/c27-22(16-8-9-20-18(15-16)17-5-1-2-6-19(17)24-20)25-10-4-11-26(13-12-25)23(28)21-7-3-14-29-21/h3,7-9,14-15,24H,1-2,4-6,10-13H2. The van der Waals surface area contributed by atoms with Crippen LogP contribution in [0.1, 0.15) is 51.4 Å². The number of benzene rings is 1. The predicted octanol–water partition coefficient (Wildman–Crippen LogP) is 3.63. The van der Waals surface area contributed by atoms with Crippen LogP contribution in [-0.4, -0.2) is 52.8 Å². The summed E-state index contributed by atoms with van der Waals surface area (Å²) in [6.07, 6.45) is 6.90. The lowest BCUT2D eigenvalue weighted by Crippen LogP contribution is -2.37. The van der Waals surface area contributed by atoms with Crippen molar-refractivity contribution < 1.29 is 14.0 Å². The number of amides is 2. The molecule has 0 radical (unpaired) electrons. The summed E-state index contributed by atoms with van der Waals surface area (Å²) >= 11 is 0. The quantitative estimate of drug-likeness (QED) is 0.725. The van der Waals surface area contributed by atoms with Crippen LogP contribution >= 0.6 is 0 Å². The number of aromatic nitrogens is 1. The number of fused-ring (bicyclic) bond motifs is 3. The van der Waals surface area contributed by atoms with E-state index in [1.807, 2.05) is 17.0 Å². The zero-order chi connectivity index (χ0) is 19.8. The molecular weight excluding hydrogens is 366 g/mol. The van der Waals surface area contributed by atoms with Gasteiger partial charge in [-0.3, -0.25) is 9.59 Å². The summed E-state index contributed by atoms with van der Waals surface area (Å²) in [6, 6.07) is 9.41. The zero-order valence-electron chi connectivity index (χ0n) is 16.4. The lowest BCUT2D eigenvalue weighted by molar-refractivity contribution is 0.0700. The Hall–Kier alpha value is -3.02. The molecule has 1 N–H and O–H groups in total. The number of nitrogens with zero attached hydrogens (tertiary/aromatic N) is 2. The van der Waals surface area contributed by atoms with Crippen LogP contribution in [0.3, 0.4) is 0 Å². The SMILES string of the molecule is O=C(c1ccc2[nH]c3c(c2c1)CCCC3)N1CCCN(C(=O)c2ccco2)CC1. The van der Waals surface area contributed by atoms with Crippen LogP contribution in [-0.2, 0) is 12.8 Å². The number of carbonyl (C=O) groups excluding carboxylic acids is 2. The first kappa shape index (κ1) is 18.0. The molecule has 0 spiro atoms. The molecule has 1 saturated heterocycles. The predicted molar refractivity (Wildman–Crippen MR) is 110 cm³/mol. The Balaban J connectivity index is 1.33. The third kappa shape index (κ3) is 3.33. The van der Waals surface area contributed by atoms with E-state index >= 15 is 0 Å². The molecule has 0 atom stereocenters. The number of hydrogen-bond acceptors (Lipinski definition) is 3. The highest BCUT2D eigenvalue weighted by atomic mass is 16.3. The fraction of sp³-hybridized carbons (Fsp3) is 0.391. The summed E-state index contributed by atoms with van der Waals surface area (Å²) in [5.74, 6) is 0.294. The highest BCUT2D eigenvalue weighted by molar-refractivity contribution is 5.99. The molecule has 150 valence electrons. The van der Waals surface area contributed by atoms with Crippen LogP contribution < -0.4 is 0 Å². The minimum Gasteiger partial charge on any atom is -0.459 e. The van der Waals surface area contributed by atoms with Crippen molar-refractivity contribution in [2.75, 3.05) is 26.2 Å². The van der Waals surface area contributed by atoms with Gasteiger partial charge >= 0.3 is 0 Å². The Labute approximate surface area is 169 Å². The van der Waals surface area contributed by atoms with Gasteiger partial charge in [0.2, 0.25) is 0 Å². The molecule has 1 aliphatic carbocycles. The molecule has 3 aromatic rings. The van der Waals surface area contributed by atoms with Gasteiger partial charge in [0.1, 0.15) is 0 Å². The van der Waals surface area contributed by atoms with Crippen molar-refractivity contribution >= 4 is 22.7 Å². The average Bonchev–Trinajstić information content (AvgIpc) is 3.34. The molecule has 6 nitrogen and oxygen atoms in total. The molecule has 0 unspecified atom stereocenters. The van der Waals surface area contributed by atoms with Crippen LogP contribution in [0.25, 0.3) is 10.9 Å². The molecule has 0 saturated carbocycles. The zero-order valence-corrected chi connectivity index (χ0v) is 16.4. The maximum absolute atomic E-state index is 13.2. The van der Waals surface area contributed by atoms with E-state index in [4.69, 9.17) is 4.42 Å². The van der Waals surface area contributed by atoms with Gasteiger partial charge in [-0.05, 0) is 68.0 Å². The first-order chi connectivity index (χ1) is 14.2. The van der Waals surface area contributed by atoms with E-state index in [1.54, 1.807) is 17.0 Å². The van der Waals surface area contributed by atoms with Crippen molar-refractivity contribution in [3.05, 3.63) is 59.2 Å². The van der Waals surface area contributed by atoms with Crippen molar-refractivity contribution in [3.8, 4) is 0 Å². The molecule has 5 rings (SSSR count). The molecule has 1 fully saturated rings. The third-order valence-electron chi connectivity index (χ3n) is 6.15. The summed E-state index contributed by atoms with van der Waals surface area (Å²) in [5, 5.41) is 1.19. The molecule has 1 aliphatic heterocycles. The highest BCUT2D eigenvalue weighted by Gasteiger charge is 2.25. The van der Waals surface area contributed by atoms with Gasteiger partial charge < -0.3 is 19.2 Å². The van der Waals surface area contributed by atoms with E-state index in [9.17, 15) is 9.59 Å². The van der Waals surface area contributed by atoms with E-state index in [1.165, 1.54) is 35.7 Å². The number of hydrogen-bond donors (Lipinski definition) is 1. The number of furan rings is 1. The highest BCUT2D eigenvalue weighted by Crippen LogP contribution is 2.30. The van der Waals surface area contributed by atoms with Gasteiger partial charge in [0.15, 0.2) is 5.76 Å². The van der Waals surface area contributed by atoms with E-state index in [-0.39, 0.29) is 11.8 Å². The Morgan fingerprint density at radius 2 is 1.69 bits per heavy atom. The van der Waals surface area contributed by atoms with Crippen molar-refractivity contribution in [3.63, 3.8) is 0 Å². The Bertz CT molecular complexity index is 1050. The second kappa shape index (κ2) is 7.43. The third-order valence-corrected chi connectivity index (χ3v) is 6.15. The van der Waals surface area contributed by atoms with Crippen molar-refractivity contribution in [2.45, 2.75) is 32.1 Å². The van der Waals surface area contributed by atoms with Crippen molar-refractivity contribution in [1.29, 1.82) is 0 Å². The number of aryl methyl sites for hydroxylation is 2. The number of carbonyl (C=O) groups is 2. The largest absolute Gasteiger partial charge is 0.459 e. The molecule has 6 heteroatoms. The number of rotatable bonds is 2. The molecule has 2 aliphatic rings. The summed E-state index contributed by atoms with van der Waals surface area (Å²) in [6.45, 7) is 2.35. The minimum atomic E-state index is -0.107. The molecule has 1 aromatic carbocycles. The molecule has 0 bridgehead atoms. The van der Waals surface area contributed by atoms with E-state index in [2.05, 4.69) is 11.1 Å². The van der Waals surface area contributed by atoms with Gasteiger partial charge in [-0.1, -0.05) is 0 Å². The Morgan fingerprint density at radius 3 is 2.48 bits per heavy atom. The summed E-state index contributed by atoms with van der Waals surface area (Å²) in [7, 11) is 0. The monoisotopic (exact) mass is 391 g/mol. The second-order valence-electron chi connectivity index (χ2n) is 7.96. The molecule has 3 heterocycles. The van der Waals surface area contributed by atoms with E-state index in [0.717, 1.165) is 30.3 Å². The van der Waals surface area contributed by atoms with E-state index in [0.29, 0.717) is 31.9 Å². The first-order valence-corrected chi connectivity index (χ1v) is 10.5. The fourth-order valence-electron chi connectivity index (χ4n) is 4.60. The molecule has 2 amide bonds. The Kier molecular flexibility index (Phi) is 4.62. The molecule has 29 heavy (non-hydrogen) atoms. The van der Waals surface area contributed by atoms with Crippen LogP contribution in [0.4, 0.5) is 0 Å². The van der Waals surface area contributed by atoms with Crippen molar-refractivity contribution in [2.24, 2.45) is 0 Å². The van der Waals surface area contributed by atoms with Crippen LogP contribution in [0.2, 0.25) is 0 Å². The van der Waals surface area contributed by atoms with Crippen LogP contribution in [0.5, 0.6) is 0 Å². The van der Waals surface area contributed by atoms with Crippen LogP contribution in [0, 0.1) is 0 Å². The fourth-order valence-corrected chi connectivity index (χ4v) is 4.60. The van der Waals surface area contributed by atoms with Gasteiger partial charge in [-0.25, -0.2) is 0 Å².